The predicted molar refractivity (Wildman–Crippen MR) is 89.1 cm³/mol. The molecule has 0 spiro atoms. The third-order valence-electron chi connectivity index (χ3n) is 3.67. The lowest BCUT2D eigenvalue weighted by Crippen LogP contribution is -2.45. The zero-order chi connectivity index (χ0) is 17.0. The van der Waals surface area contributed by atoms with Crippen molar-refractivity contribution in [3.8, 4) is 0 Å². The van der Waals surface area contributed by atoms with Gasteiger partial charge in [0.15, 0.2) is 0 Å². The summed E-state index contributed by atoms with van der Waals surface area (Å²) < 4.78 is 5.25. The minimum atomic E-state index is -0.510. The van der Waals surface area contributed by atoms with Gasteiger partial charge in [0.05, 0.1) is 18.2 Å². The molecule has 0 radical (unpaired) electrons. The van der Waals surface area contributed by atoms with Crippen LogP contribution < -0.4 is 15.5 Å². The summed E-state index contributed by atoms with van der Waals surface area (Å²) in [6, 6.07) is 6.89. The number of esters is 1. The van der Waals surface area contributed by atoms with Gasteiger partial charge >= 0.3 is 12.0 Å². The van der Waals surface area contributed by atoms with Crippen LogP contribution in [0.3, 0.4) is 0 Å². The van der Waals surface area contributed by atoms with E-state index in [2.05, 4.69) is 10.6 Å². The Morgan fingerprint density at radius 1 is 1.26 bits per heavy atom. The summed E-state index contributed by atoms with van der Waals surface area (Å²) in [5.74, 6) is -0.404. The number of nitrogens with one attached hydrogen (secondary N) is 2. The van der Waals surface area contributed by atoms with Crippen molar-refractivity contribution in [2.24, 2.45) is 0 Å². The molecule has 0 unspecified atom stereocenters. The summed E-state index contributed by atoms with van der Waals surface area (Å²) in [6.45, 7) is 4.01. The van der Waals surface area contributed by atoms with Crippen LogP contribution in [-0.2, 0) is 9.53 Å². The third-order valence-corrected chi connectivity index (χ3v) is 3.67. The summed E-state index contributed by atoms with van der Waals surface area (Å²) in [4.78, 5) is 26.1. The van der Waals surface area contributed by atoms with Gasteiger partial charge in [0.2, 0.25) is 0 Å². The summed E-state index contributed by atoms with van der Waals surface area (Å²) >= 11 is 0. The number of allylic oxidation sites excluding steroid dienone is 1. The molecule has 124 valence electrons. The van der Waals surface area contributed by atoms with Gasteiger partial charge in [0.25, 0.3) is 0 Å². The molecule has 1 aliphatic rings. The van der Waals surface area contributed by atoms with E-state index in [1.807, 2.05) is 50.2 Å². The lowest BCUT2D eigenvalue weighted by molar-refractivity contribution is -0.139. The summed E-state index contributed by atoms with van der Waals surface area (Å²) in [7, 11) is 3.91. The van der Waals surface area contributed by atoms with Gasteiger partial charge in [-0.2, -0.15) is 0 Å². The Labute approximate surface area is 136 Å². The lowest BCUT2D eigenvalue weighted by atomic mass is 9.95. The van der Waals surface area contributed by atoms with E-state index in [1.165, 1.54) is 0 Å². The van der Waals surface area contributed by atoms with Gasteiger partial charge in [0, 0.05) is 25.5 Å². The molecule has 0 bridgehead atoms. The average Bonchev–Trinajstić information content (AvgIpc) is 2.52. The Kier molecular flexibility index (Phi) is 5.26. The number of anilines is 1. The lowest BCUT2D eigenvalue weighted by Gasteiger charge is -2.28. The SMILES string of the molecule is CCCOC(=O)C1=C(C)NC(=O)N[C@H]1c1ccc(N(C)C)cc1. The van der Waals surface area contributed by atoms with Crippen LogP contribution in [0.5, 0.6) is 0 Å². The monoisotopic (exact) mass is 317 g/mol. The Bertz CT molecular complexity index is 620. The fraction of sp³-hybridized carbons (Fsp3) is 0.412. The molecule has 23 heavy (non-hydrogen) atoms. The van der Waals surface area contributed by atoms with Crippen molar-refractivity contribution in [2.75, 3.05) is 25.6 Å². The Hall–Kier alpha value is -2.50. The van der Waals surface area contributed by atoms with Crippen LogP contribution in [0.4, 0.5) is 10.5 Å². The van der Waals surface area contributed by atoms with Gasteiger partial charge in [-0.05, 0) is 31.0 Å². The Morgan fingerprint density at radius 2 is 1.91 bits per heavy atom. The molecule has 1 heterocycles. The standard InChI is InChI=1S/C17H23N3O3/c1-5-10-23-16(21)14-11(2)18-17(22)19-15(14)12-6-8-13(9-7-12)20(3)4/h6-9,15H,5,10H2,1-4H3,(H2,18,19,22)/t15-/m0/s1. The highest BCUT2D eigenvalue weighted by molar-refractivity contribution is 5.95. The maximum Gasteiger partial charge on any atom is 0.338 e. The minimum absolute atomic E-state index is 0.323. The fourth-order valence-corrected chi connectivity index (χ4v) is 2.45. The van der Waals surface area contributed by atoms with Crippen LogP contribution >= 0.6 is 0 Å². The molecule has 0 aromatic heterocycles. The van der Waals surface area contributed by atoms with Crippen LogP contribution in [0.1, 0.15) is 31.9 Å². The zero-order valence-electron chi connectivity index (χ0n) is 14.0. The van der Waals surface area contributed by atoms with Crippen molar-refractivity contribution < 1.29 is 14.3 Å². The van der Waals surface area contributed by atoms with Crippen molar-refractivity contribution in [3.63, 3.8) is 0 Å². The van der Waals surface area contributed by atoms with Crippen LogP contribution in [0.2, 0.25) is 0 Å². The maximum atomic E-state index is 12.4. The topological polar surface area (TPSA) is 70.7 Å². The molecular formula is C17H23N3O3. The number of benzene rings is 1. The van der Waals surface area contributed by atoms with E-state index < -0.39 is 12.0 Å². The van der Waals surface area contributed by atoms with Crippen molar-refractivity contribution in [1.29, 1.82) is 0 Å². The van der Waals surface area contributed by atoms with Crippen LogP contribution in [0.15, 0.2) is 35.5 Å². The fourth-order valence-electron chi connectivity index (χ4n) is 2.45. The van der Waals surface area contributed by atoms with E-state index in [1.54, 1.807) is 6.92 Å². The number of carbonyl (C=O) groups is 2. The van der Waals surface area contributed by atoms with Crippen LogP contribution in [-0.4, -0.2) is 32.7 Å². The smallest absolute Gasteiger partial charge is 0.338 e. The van der Waals surface area contributed by atoms with Gasteiger partial charge in [-0.15, -0.1) is 0 Å². The predicted octanol–water partition coefficient (Wildman–Crippen LogP) is 2.33. The molecule has 1 aliphatic heterocycles. The molecular weight excluding hydrogens is 294 g/mol. The van der Waals surface area contributed by atoms with Gasteiger partial charge in [0.1, 0.15) is 0 Å². The summed E-state index contributed by atoms with van der Waals surface area (Å²) in [5, 5.41) is 5.43. The number of nitrogens with zero attached hydrogens (tertiary/aromatic N) is 1. The minimum Gasteiger partial charge on any atom is -0.462 e. The number of hydrogen-bond donors (Lipinski definition) is 2. The highest BCUT2D eigenvalue weighted by atomic mass is 16.5. The summed E-state index contributed by atoms with van der Waals surface area (Å²) in [5.41, 5.74) is 2.85. The molecule has 1 atom stereocenters. The van der Waals surface area contributed by atoms with E-state index >= 15 is 0 Å². The number of rotatable bonds is 5. The molecule has 0 fully saturated rings. The van der Waals surface area contributed by atoms with Crippen LogP contribution in [0, 0.1) is 0 Å². The molecule has 0 saturated carbocycles. The molecule has 2 N–H and O–H groups in total. The third kappa shape index (κ3) is 3.83. The number of carbonyl (C=O) groups excluding carboxylic acids is 2. The van der Waals surface area contributed by atoms with E-state index in [0.29, 0.717) is 17.9 Å². The first kappa shape index (κ1) is 16.9. The second-order valence-corrected chi connectivity index (χ2v) is 5.69. The molecule has 2 rings (SSSR count). The van der Waals surface area contributed by atoms with E-state index in [0.717, 1.165) is 17.7 Å². The molecule has 6 nitrogen and oxygen atoms in total. The van der Waals surface area contributed by atoms with Gasteiger partial charge < -0.3 is 20.3 Å². The average molecular weight is 317 g/mol. The molecule has 1 aromatic rings. The Balaban J connectivity index is 2.34. The first-order valence-corrected chi connectivity index (χ1v) is 7.66. The number of ether oxygens (including phenoxy) is 1. The van der Waals surface area contributed by atoms with E-state index in [4.69, 9.17) is 4.74 Å². The quantitative estimate of drug-likeness (QED) is 0.818. The molecule has 0 saturated heterocycles. The molecule has 6 heteroatoms. The maximum absolute atomic E-state index is 12.4. The Morgan fingerprint density at radius 3 is 2.48 bits per heavy atom. The zero-order valence-corrected chi connectivity index (χ0v) is 14.0. The van der Waals surface area contributed by atoms with E-state index in [9.17, 15) is 9.59 Å². The normalized spacial score (nSPS) is 17.4. The highest BCUT2D eigenvalue weighted by Crippen LogP contribution is 2.28. The largest absolute Gasteiger partial charge is 0.462 e. The second kappa shape index (κ2) is 7.17. The van der Waals surface area contributed by atoms with E-state index in [-0.39, 0.29) is 6.03 Å². The van der Waals surface area contributed by atoms with Crippen molar-refractivity contribution in [2.45, 2.75) is 26.3 Å². The summed E-state index contributed by atoms with van der Waals surface area (Å²) in [6.07, 6.45) is 0.750. The van der Waals surface area contributed by atoms with Gasteiger partial charge in [-0.3, -0.25) is 0 Å². The first-order valence-electron chi connectivity index (χ1n) is 7.66. The van der Waals surface area contributed by atoms with Gasteiger partial charge in [-0.1, -0.05) is 19.1 Å². The molecule has 1 aromatic carbocycles. The van der Waals surface area contributed by atoms with Crippen LogP contribution in [0.25, 0.3) is 0 Å². The first-order chi connectivity index (χ1) is 10.9. The van der Waals surface area contributed by atoms with Gasteiger partial charge in [-0.25, -0.2) is 9.59 Å². The molecule has 0 aliphatic carbocycles. The van der Waals surface area contributed by atoms with Crippen molar-refractivity contribution in [3.05, 3.63) is 41.1 Å². The second-order valence-electron chi connectivity index (χ2n) is 5.69. The number of hydrogen-bond acceptors (Lipinski definition) is 4. The van der Waals surface area contributed by atoms with Crippen molar-refractivity contribution in [1.82, 2.24) is 10.6 Å². The number of urea groups is 1. The number of amides is 2. The van der Waals surface area contributed by atoms with Crippen molar-refractivity contribution >= 4 is 17.7 Å². The molecule has 2 amide bonds. The highest BCUT2D eigenvalue weighted by Gasteiger charge is 2.32.